The Labute approximate surface area is 195 Å². The van der Waals surface area contributed by atoms with E-state index in [1.807, 2.05) is 0 Å². The highest BCUT2D eigenvalue weighted by molar-refractivity contribution is 9.10. The molecule has 7 rings (SSSR count). The molecule has 5 aliphatic carbocycles. The van der Waals surface area contributed by atoms with Crippen molar-refractivity contribution in [1.29, 1.82) is 0 Å². The first-order valence-electron chi connectivity index (χ1n) is 12.9. The molecule has 4 saturated carbocycles. The van der Waals surface area contributed by atoms with Gasteiger partial charge in [-0.1, -0.05) is 41.4 Å². The Hall–Kier alpha value is -1.03. The molecule has 1 unspecified atom stereocenters. The van der Waals surface area contributed by atoms with Crippen LogP contribution in [-0.4, -0.2) is 30.1 Å². The Kier molecular flexibility index (Phi) is 5.16. The molecule has 0 radical (unpaired) electrons. The molecule has 31 heavy (non-hydrogen) atoms. The average Bonchev–Trinajstić information content (AvgIpc) is 3.05. The summed E-state index contributed by atoms with van der Waals surface area (Å²) >= 11 is 3.89. The third kappa shape index (κ3) is 3.38. The van der Waals surface area contributed by atoms with E-state index >= 15 is 0 Å². The van der Waals surface area contributed by atoms with Gasteiger partial charge in [0.25, 0.3) is 0 Å². The van der Waals surface area contributed by atoms with E-state index in [4.69, 9.17) is 0 Å². The third-order valence-electron chi connectivity index (χ3n) is 9.81. The molecule has 1 atom stereocenters. The smallest absolute Gasteiger partial charge is 0.317 e. The maximum Gasteiger partial charge on any atom is 0.317 e. The van der Waals surface area contributed by atoms with Gasteiger partial charge >= 0.3 is 6.03 Å². The Morgan fingerprint density at radius 3 is 2.42 bits per heavy atom. The van der Waals surface area contributed by atoms with Gasteiger partial charge in [-0.05, 0) is 105 Å². The number of amides is 2. The average molecular weight is 486 g/mol. The van der Waals surface area contributed by atoms with Crippen molar-refractivity contribution in [3.8, 4) is 0 Å². The van der Waals surface area contributed by atoms with Crippen LogP contribution in [0.2, 0.25) is 0 Å². The number of hydrogen-bond acceptors (Lipinski definition) is 1. The van der Waals surface area contributed by atoms with Crippen LogP contribution < -0.4 is 5.32 Å². The van der Waals surface area contributed by atoms with Crippen molar-refractivity contribution in [2.75, 3.05) is 13.1 Å². The van der Waals surface area contributed by atoms with E-state index in [1.54, 1.807) is 11.1 Å². The van der Waals surface area contributed by atoms with Gasteiger partial charge in [0.2, 0.25) is 0 Å². The van der Waals surface area contributed by atoms with Crippen LogP contribution in [0.25, 0.3) is 0 Å². The number of fused-ring (bicyclic) bond motifs is 2. The van der Waals surface area contributed by atoms with Crippen molar-refractivity contribution < 1.29 is 4.79 Å². The highest BCUT2D eigenvalue weighted by Crippen LogP contribution is 2.56. The fraction of sp³-hybridized carbons (Fsp3) is 0.741. The van der Waals surface area contributed by atoms with Gasteiger partial charge in [-0.25, -0.2) is 4.79 Å². The van der Waals surface area contributed by atoms with Crippen molar-refractivity contribution in [3.63, 3.8) is 0 Å². The molecule has 1 spiro atoms. The van der Waals surface area contributed by atoms with Gasteiger partial charge in [0.1, 0.15) is 0 Å². The second kappa shape index (κ2) is 7.78. The molecule has 0 aromatic heterocycles. The number of carbonyl (C=O) groups excluding carboxylic acids is 1. The second-order valence-electron chi connectivity index (χ2n) is 11.6. The highest BCUT2D eigenvalue weighted by atomic mass is 79.9. The summed E-state index contributed by atoms with van der Waals surface area (Å²) in [7, 11) is 0. The highest BCUT2D eigenvalue weighted by Gasteiger charge is 2.50. The minimum Gasteiger partial charge on any atom is -0.335 e. The summed E-state index contributed by atoms with van der Waals surface area (Å²) in [5.74, 6) is 4.11. The number of halogens is 1. The van der Waals surface area contributed by atoms with E-state index in [0.717, 1.165) is 49.6 Å². The van der Waals surface area contributed by atoms with Gasteiger partial charge in [-0.2, -0.15) is 0 Å². The molecule has 4 bridgehead atoms. The van der Waals surface area contributed by atoms with E-state index in [0.29, 0.717) is 12.0 Å². The largest absolute Gasteiger partial charge is 0.335 e. The van der Waals surface area contributed by atoms with Crippen LogP contribution in [0.3, 0.4) is 0 Å². The van der Waals surface area contributed by atoms with Crippen LogP contribution in [0.1, 0.15) is 88.2 Å². The van der Waals surface area contributed by atoms with Crippen LogP contribution in [-0.2, 0) is 5.41 Å². The standard InChI is InChI=1S/C27H37BrN2O/c1-2-4-19-16-27(24-22(19)5-3-6-23(24)28)7-9-30(10-8-27)26(31)29-25-20-12-17-11-18(14-20)15-21(25)13-17/h3,5-6,17-21,25H,2,4,7-16H2,1H3,(H,29,31). The molecule has 1 N–H and O–H groups in total. The lowest BCUT2D eigenvalue weighted by atomic mass is 9.54. The first kappa shape index (κ1) is 20.6. The Morgan fingerprint density at radius 2 is 1.77 bits per heavy atom. The number of likely N-dealkylation sites (tertiary alicyclic amines) is 1. The topological polar surface area (TPSA) is 32.3 Å². The van der Waals surface area contributed by atoms with Crippen LogP contribution in [0.5, 0.6) is 0 Å². The van der Waals surface area contributed by atoms with Crippen LogP contribution in [0.4, 0.5) is 4.79 Å². The van der Waals surface area contributed by atoms with Crippen LogP contribution in [0.15, 0.2) is 22.7 Å². The second-order valence-corrected chi connectivity index (χ2v) is 12.4. The van der Waals surface area contributed by atoms with E-state index in [9.17, 15) is 4.79 Å². The molecule has 1 aromatic carbocycles. The molecular weight excluding hydrogens is 448 g/mol. The summed E-state index contributed by atoms with van der Waals surface area (Å²) in [6.45, 7) is 4.11. The normalized spacial score (nSPS) is 37.3. The number of carbonyl (C=O) groups is 1. The molecule has 6 aliphatic rings. The number of rotatable bonds is 3. The fourth-order valence-corrected chi connectivity index (χ4v) is 9.52. The number of piperidine rings is 1. The number of hydrogen-bond donors (Lipinski definition) is 1. The zero-order valence-corrected chi connectivity index (χ0v) is 20.5. The third-order valence-corrected chi connectivity index (χ3v) is 10.5. The zero-order valence-electron chi connectivity index (χ0n) is 18.9. The Morgan fingerprint density at radius 1 is 1.10 bits per heavy atom. The Balaban J connectivity index is 1.14. The number of nitrogens with one attached hydrogen (secondary N) is 1. The van der Waals surface area contributed by atoms with Crippen molar-refractivity contribution in [2.45, 2.75) is 88.5 Å². The van der Waals surface area contributed by atoms with Gasteiger partial charge in [0.05, 0.1) is 0 Å². The molecule has 1 saturated heterocycles. The summed E-state index contributed by atoms with van der Waals surface area (Å²) < 4.78 is 1.29. The van der Waals surface area contributed by atoms with Gasteiger partial charge in [0, 0.05) is 29.0 Å². The van der Waals surface area contributed by atoms with E-state index in [1.165, 1.54) is 55.8 Å². The minimum atomic E-state index is 0.225. The summed E-state index contributed by atoms with van der Waals surface area (Å²) in [5, 5.41) is 3.55. The maximum atomic E-state index is 13.3. The molecule has 1 aromatic rings. The number of urea groups is 1. The monoisotopic (exact) mass is 484 g/mol. The minimum absolute atomic E-state index is 0.225. The van der Waals surface area contributed by atoms with E-state index < -0.39 is 0 Å². The lowest BCUT2D eigenvalue weighted by Gasteiger charge is -2.54. The van der Waals surface area contributed by atoms with E-state index in [2.05, 4.69) is 51.3 Å². The van der Waals surface area contributed by atoms with Crippen LogP contribution in [0, 0.1) is 23.7 Å². The van der Waals surface area contributed by atoms with Gasteiger partial charge in [0.15, 0.2) is 0 Å². The van der Waals surface area contributed by atoms with Crippen molar-refractivity contribution in [2.24, 2.45) is 23.7 Å². The summed E-state index contributed by atoms with van der Waals surface area (Å²) in [5.41, 5.74) is 3.39. The summed E-state index contributed by atoms with van der Waals surface area (Å²) in [6.07, 6.45) is 12.9. The molecule has 4 heteroatoms. The molecule has 5 fully saturated rings. The maximum absolute atomic E-state index is 13.3. The predicted octanol–water partition coefficient (Wildman–Crippen LogP) is 6.60. The number of nitrogens with zero attached hydrogens (tertiary/aromatic N) is 1. The lowest BCUT2D eigenvalue weighted by Crippen LogP contribution is -2.59. The molecule has 1 heterocycles. The first-order chi connectivity index (χ1) is 15.1. The first-order valence-corrected chi connectivity index (χ1v) is 13.7. The molecule has 168 valence electrons. The van der Waals surface area contributed by atoms with Gasteiger partial charge in [-0.3, -0.25) is 0 Å². The quantitative estimate of drug-likeness (QED) is 0.514. The molecular formula is C27H37BrN2O. The van der Waals surface area contributed by atoms with Crippen molar-refractivity contribution in [1.82, 2.24) is 10.2 Å². The predicted molar refractivity (Wildman–Crippen MR) is 128 cm³/mol. The van der Waals surface area contributed by atoms with Gasteiger partial charge < -0.3 is 10.2 Å². The summed E-state index contributed by atoms with van der Waals surface area (Å²) in [4.78, 5) is 15.4. The SMILES string of the molecule is CCCC1CC2(CCN(C(=O)NC3C4CC5CC(C4)CC3C5)CC2)c2c(Br)cccc21. The van der Waals surface area contributed by atoms with Crippen molar-refractivity contribution in [3.05, 3.63) is 33.8 Å². The van der Waals surface area contributed by atoms with Crippen LogP contribution >= 0.6 is 15.9 Å². The summed E-state index contributed by atoms with van der Waals surface area (Å²) in [6, 6.07) is 7.47. The molecule has 2 amide bonds. The van der Waals surface area contributed by atoms with E-state index in [-0.39, 0.29) is 11.4 Å². The molecule has 1 aliphatic heterocycles. The van der Waals surface area contributed by atoms with Gasteiger partial charge in [-0.15, -0.1) is 0 Å². The zero-order chi connectivity index (χ0) is 21.2. The number of benzene rings is 1. The Bertz CT molecular complexity index is 831. The van der Waals surface area contributed by atoms with Crippen molar-refractivity contribution >= 4 is 22.0 Å². The molecule has 3 nitrogen and oxygen atoms in total. The fourth-order valence-electron chi connectivity index (χ4n) is 8.72. The lowest BCUT2D eigenvalue weighted by molar-refractivity contribution is -0.0115.